The number of hydrogen-bond acceptors (Lipinski definition) is 4. The molecule has 1 unspecified atom stereocenters. The van der Waals surface area contributed by atoms with Gasteiger partial charge in [0.05, 0.1) is 13.2 Å². The van der Waals surface area contributed by atoms with Crippen molar-refractivity contribution in [3.8, 4) is 5.75 Å². The molecular formula is C14H18N2OS. The Morgan fingerprint density at radius 1 is 1.22 bits per heavy atom. The molecule has 96 valence electrons. The van der Waals surface area contributed by atoms with Crippen molar-refractivity contribution in [3.63, 3.8) is 0 Å². The smallest absolute Gasteiger partial charge is 0.129 e. The van der Waals surface area contributed by atoms with Crippen LogP contribution in [0.3, 0.4) is 0 Å². The molecule has 1 aromatic heterocycles. The fourth-order valence-corrected chi connectivity index (χ4v) is 2.82. The van der Waals surface area contributed by atoms with Crippen molar-refractivity contribution >= 4 is 11.3 Å². The Bertz CT molecular complexity index is 536. The summed E-state index contributed by atoms with van der Waals surface area (Å²) in [5.41, 5.74) is 6.61. The van der Waals surface area contributed by atoms with Crippen LogP contribution in [0.4, 0.5) is 0 Å². The van der Waals surface area contributed by atoms with E-state index in [1.807, 2.05) is 11.4 Å². The third kappa shape index (κ3) is 2.56. The van der Waals surface area contributed by atoms with Gasteiger partial charge in [-0.05, 0) is 36.6 Å². The van der Waals surface area contributed by atoms with Crippen molar-refractivity contribution in [2.24, 2.45) is 5.84 Å². The van der Waals surface area contributed by atoms with E-state index >= 15 is 0 Å². The van der Waals surface area contributed by atoms with Crippen molar-refractivity contribution in [2.45, 2.75) is 19.9 Å². The predicted octanol–water partition coefficient (Wildman–Crippen LogP) is 2.93. The monoisotopic (exact) mass is 262 g/mol. The predicted molar refractivity (Wildman–Crippen MR) is 76.0 cm³/mol. The third-order valence-corrected chi connectivity index (χ3v) is 4.12. The molecule has 0 spiro atoms. The summed E-state index contributed by atoms with van der Waals surface area (Å²) in [5.74, 6) is 6.57. The fourth-order valence-electron chi connectivity index (χ4n) is 1.88. The molecule has 3 N–H and O–H groups in total. The molecule has 0 saturated carbocycles. The minimum absolute atomic E-state index is 0.0122. The van der Waals surface area contributed by atoms with E-state index in [1.54, 1.807) is 18.4 Å². The van der Waals surface area contributed by atoms with Gasteiger partial charge >= 0.3 is 0 Å². The molecule has 2 aromatic rings. The van der Waals surface area contributed by atoms with Gasteiger partial charge in [0.2, 0.25) is 0 Å². The summed E-state index contributed by atoms with van der Waals surface area (Å²) in [5, 5.41) is 1.99. The second-order valence-electron chi connectivity index (χ2n) is 4.33. The van der Waals surface area contributed by atoms with Gasteiger partial charge in [-0.25, -0.2) is 5.43 Å². The molecule has 2 rings (SSSR count). The van der Waals surface area contributed by atoms with Crippen LogP contribution in [0.15, 0.2) is 29.6 Å². The van der Waals surface area contributed by atoms with Crippen LogP contribution in [-0.2, 0) is 0 Å². The minimum atomic E-state index is 0.0122. The number of nitrogens with two attached hydrogens (primary N) is 1. The van der Waals surface area contributed by atoms with E-state index in [0.717, 1.165) is 10.6 Å². The molecule has 0 aliphatic rings. The van der Waals surface area contributed by atoms with Gasteiger partial charge < -0.3 is 4.74 Å². The highest BCUT2D eigenvalue weighted by Crippen LogP contribution is 2.31. The standard InChI is InChI=1S/C14H18N2OS/c1-9-4-5-11(6-10(9)2)14(16-15)13-7-12(17-3)8-18-13/h4-8,14,16H,15H2,1-3H3. The molecule has 0 amide bonds. The summed E-state index contributed by atoms with van der Waals surface area (Å²) in [6, 6.07) is 8.44. The Morgan fingerprint density at radius 3 is 2.56 bits per heavy atom. The van der Waals surface area contributed by atoms with E-state index in [4.69, 9.17) is 10.6 Å². The van der Waals surface area contributed by atoms with Crippen molar-refractivity contribution in [1.82, 2.24) is 5.43 Å². The van der Waals surface area contributed by atoms with Crippen molar-refractivity contribution < 1.29 is 4.74 Å². The number of ether oxygens (including phenoxy) is 1. The summed E-state index contributed by atoms with van der Waals surface area (Å²) >= 11 is 1.64. The van der Waals surface area contributed by atoms with Crippen molar-refractivity contribution in [3.05, 3.63) is 51.2 Å². The van der Waals surface area contributed by atoms with E-state index in [9.17, 15) is 0 Å². The zero-order valence-corrected chi connectivity index (χ0v) is 11.7. The minimum Gasteiger partial charge on any atom is -0.496 e. The number of hydrogen-bond donors (Lipinski definition) is 2. The van der Waals surface area contributed by atoms with Crippen LogP contribution in [-0.4, -0.2) is 7.11 Å². The maximum Gasteiger partial charge on any atom is 0.129 e. The molecule has 18 heavy (non-hydrogen) atoms. The second-order valence-corrected chi connectivity index (χ2v) is 5.28. The summed E-state index contributed by atoms with van der Waals surface area (Å²) in [4.78, 5) is 1.15. The molecule has 0 aliphatic carbocycles. The lowest BCUT2D eigenvalue weighted by atomic mass is 10.0. The van der Waals surface area contributed by atoms with Crippen LogP contribution in [0.2, 0.25) is 0 Å². The van der Waals surface area contributed by atoms with E-state index in [2.05, 4.69) is 37.5 Å². The quantitative estimate of drug-likeness (QED) is 0.658. The summed E-state index contributed by atoms with van der Waals surface area (Å²) in [6.45, 7) is 4.22. The lowest BCUT2D eigenvalue weighted by Crippen LogP contribution is -2.28. The molecule has 0 fully saturated rings. The van der Waals surface area contributed by atoms with Gasteiger partial charge in [-0.15, -0.1) is 11.3 Å². The van der Waals surface area contributed by atoms with Gasteiger partial charge in [-0.3, -0.25) is 5.84 Å². The normalized spacial score (nSPS) is 12.4. The highest BCUT2D eigenvalue weighted by Gasteiger charge is 2.15. The van der Waals surface area contributed by atoms with Crippen LogP contribution < -0.4 is 16.0 Å². The number of methoxy groups -OCH3 is 1. The molecule has 1 aromatic carbocycles. The summed E-state index contributed by atoms with van der Waals surface area (Å²) in [7, 11) is 1.67. The zero-order valence-electron chi connectivity index (χ0n) is 10.9. The van der Waals surface area contributed by atoms with Crippen LogP contribution in [0, 0.1) is 13.8 Å². The largest absolute Gasteiger partial charge is 0.496 e. The van der Waals surface area contributed by atoms with Crippen molar-refractivity contribution in [2.75, 3.05) is 7.11 Å². The Kier molecular flexibility index (Phi) is 4.01. The summed E-state index contributed by atoms with van der Waals surface area (Å²) in [6.07, 6.45) is 0. The second kappa shape index (κ2) is 5.52. The van der Waals surface area contributed by atoms with Gasteiger partial charge in [-0.1, -0.05) is 18.2 Å². The topological polar surface area (TPSA) is 47.3 Å². The molecule has 3 nitrogen and oxygen atoms in total. The van der Waals surface area contributed by atoms with Gasteiger partial charge in [0.1, 0.15) is 5.75 Å². The van der Waals surface area contributed by atoms with Gasteiger partial charge in [0, 0.05) is 10.3 Å². The zero-order chi connectivity index (χ0) is 13.1. The highest BCUT2D eigenvalue weighted by atomic mass is 32.1. The van der Waals surface area contributed by atoms with Gasteiger partial charge in [0.25, 0.3) is 0 Å². The lowest BCUT2D eigenvalue weighted by molar-refractivity contribution is 0.416. The molecule has 1 atom stereocenters. The first-order valence-corrected chi connectivity index (χ1v) is 6.69. The highest BCUT2D eigenvalue weighted by molar-refractivity contribution is 7.10. The number of benzene rings is 1. The average molecular weight is 262 g/mol. The molecule has 0 bridgehead atoms. The van der Waals surface area contributed by atoms with Crippen LogP contribution in [0.1, 0.15) is 27.6 Å². The third-order valence-electron chi connectivity index (χ3n) is 3.15. The molecule has 0 saturated heterocycles. The first-order valence-electron chi connectivity index (χ1n) is 5.81. The molecular weight excluding hydrogens is 244 g/mol. The van der Waals surface area contributed by atoms with Gasteiger partial charge in [-0.2, -0.15) is 0 Å². The van der Waals surface area contributed by atoms with E-state index in [1.165, 1.54) is 16.7 Å². The Labute approximate surface area is 112 Å². The van der Waals surface area contributed by atoms with Crippen LogP contribution in [0.25, 0.3) is 0 Å². The van der Waals surface area contributed by atoms with Crippen LogP contribution in [0.5, 0.6) is 5.75 Å². The number of hydrazine groups is 1. The molecule has 0 aliphatic heterocycles. The summed E-state index contributed by atoms with van der Waals surface area (Å²) < 4.78 is 5.21. The van der Waals surface area contributed by atoms with Crippen molar-refractivity contribution in [1.29, 1.82) is 0 Å². The first-order chi connectivity index (χ1) is 8.65. The Balaban J connectivity index is 2.35. The SMILES string of the molecule is COc1csc(C(NN)c2ccc(C)c(C)c2)c1. The number of rotatable bonds is 4. The average Bonchev–Trinajstić information content (AvgIpc) is 2.83. The van der Waals surface area contributed by atoms with Gasteiger partial charge in [0.15, 0.2) is 0 Å². The molecule has 0 radical (unpaired) electrons. The fraction of sp³-hybridized carbons (Fsp3) is 0.286. The van der Waals surface area contributed by atoms with E-state index in [0.29, 0.717) is 0 Å². The number of thiophene rings is 1. The van der Waals surface area contributed by atoms with E-state index in [-0.39, 0.29) is 6.04 Å². The molecule has 1 heterocycles. The Morgan fingerprint density at radius 2 is 2.00 bits per heavy atom. The molecule has 4 heteroatoms. The Hall–Kier alpha value is -1.36. The van der Waals surface area contributed by atoms with E-state index < -0.39 is 0 Å². The van der Waals surface area contributed by atoms with Crippen LogP contribution >= 0.6 is 11.3 Å². The lowest BCUT2D eigenvalue weighted by Gasteiger charge is -2.16. The maximum atomic E-state index is 5.69. The number of aryl methyl sites for hydroxylation is 2. The first kappa shape index (κ1) is 13.1. The number of nitrogens with one attached hydrogen (secondary N) is 1. The maximum absolute atomic E-state index is 5.69.